The van der Waals surface area contributed by atoms with E-state index in [1.165, 1.54) is 31.0 Å². The molecule has 0 aliphatic heterocycles. The summed E-state index contributed by atoms with van der Waals surface area (Å²) < 4.78 is 30.4. The summed E-state index contributed by atoms with van der Waals surface area (Å²) in [4.78, 5) is 19.3. The van der Waals surface area contributed by atoms with Crippen LogP contribution in [0.1, 0.15) is 16.2 Å². The number of sulfonamides is 1. The molecular formula is C10H11N3O4S3. The Hall–Kier alpha value is -1.36. The number of hydrogen-bond donors (Lipinski definition) is 0. The molecule has 0 spiro atoms. The number of aromatic nitrogens is 2. The van der Waals surface area contributed by atoms with Crippen molar-refractivity contribution in [3.05, 3.63) is 27.8 Å². The number of rotatable bonds is 5. The van der Waals surface area contributed by atoms with E-state index < -0.39 is 16.0 Å². The highest BCUT2D eigenvalue weighted by atomic mass is 32.2. The van der Waals surface area contributed by atoms with Crippen LogP contribution in [0, 0.1) is 0 Å². The molecule has 0 unspecified atom stereocenters. The SMILES string of the molecule is COC(=O)c1ncsc1S(=O)(=O)N(C)Cc1cscn1. The minimum atomic E-state index is -3.80. The Balaban J connectivity index is 2.30. The van der Waals surface area contributed by atoms with E-state index in [0.717, 1.165) is 15.6 Å². The number of nitrogens with zero attached hydrogens (tertiary/aromatic N) is 3. The molecule has 2 heterocycles. The quantitative estimate of drug-likeness (QED) is 0.764. The second-order valence-corrected chi connectivity index (χ2v) is 7.53. The summed E-state index contributed by atoms with van der Waals surface area (Å²) in [5.41, 5.74) is 3.38. The first-order valence-corrected chi connectivity index (χ1v) is 8.58. The fraction of sp³-hybridized carbons (Fsp3) is 0.300. The van der Waals surface area contributed by atoms with E-state index in [1.807, 2.05) is 0 Å². The molecule has 0 saturated carbocycles. The summed E-state index contributed by atoms with van der Waals surface area (Å²) in [7, 11) is -1.20. The Bertz CT molecular complexity index is 693. The molecule has 0 aliphatic carbocycles. The van der Waals surface area contributed by atoms with Gasteiger partial charge in [-0.05, 0) is 0 Å². The molecule has 10 heteroatoms. The van der Waals surface area contributed by atoms with Gasteiger partial charge in [0.15, 0.2) is 9.90 Å². The molecule has 0 atom stereocenters. The largest absolute Gasteiger partial charge is 0.464 e. The number of ether oxygens (including phenoxy) is 1. The van der Waals surface area contributed by atoms with Crippen LogP contribution < -0.4 is 0 Å². The van der Waals surface area contributed by atoms with Crippen molar-refractivity contribution in [2.75, 3.05) is 14.2 Å². The van der Waals surface area contributed by atoms with E-state index in [9.17, 15) is 13.2 Å². The van der Waals surface area contributed by atoms with Gasteiger partial charge in [-0.3, -0.25) is 0 Å². The predicted octanol–water partition coefficient (Wildman–Crippen LogP) is 1.21. The molecule has 20 heavy (non-hydrogen) atoms. The van der Waals surface area contributed by atoms with Crippen molar-refractivity contribution >= 4 is 38.7 Å². The first kappa shape index (κ1) is 15.0. The van der Waals surface area contributed by atoms with Crippen LogP contribution in [0.5, 0.6) is 0 Å². The zero-order valence-corrected chi connectivity index (χ0v) is 13.1. The maximum atomic E-state index is 12.4. The standard InChI is InChI=1S/C10H11N3O4S3/c1-13(3-7-4-18-5-11-7)20(15,16)10-8(9(14)17-2)12-6-19-10/h4-6H,3H2,1-2H3. The first-order valence-electron chi connectivity index (χ1n) is 5.32. The highest BCUT2D eigenvalue weighted by molar-refractivity contribution is 7.91. The molecule has 0 saturated heterocycles. The molecule has 0 radical (unpaired) electrons. The van der Waals surface area contributed by atoms with Crippen LogP contribution in [0.2, 0.25) is 0 Å². The third kappa shape index (κ3) is 2.87. The van der Waals surface area contributed by atoms with Gasteiger partial charge in [0.1, 0.15) is 0 Å². The molecular weight excluding hydrogens is 322 g/mol. The lowest BCUT2D eigenvalue weighted by Crippen LogP contribution is -2.27. The predicted molar refractivity (Wildman–Crippen MR) is 74.2 cm³/mol. The zero-order valence-electron chi connectivity index (χ0n) is 10.6. The van der Waals surface area contributed by atoms with Crippen LogP contribution >= 0.6 is 22.7 Å². The number of esters is 1. The Labute approximate surface area is 123 Å². The highest BCUT2D eigenvalue weighted by Gasteiger charge is 2.30. The summed E-state index contributed by atoms with van der Waals surface area (Å²) in [6.07, 6.45) is 0. The molecule has 2 aromatic rings. The van der Waals surface area contributed by atoms with E-state index >= 15 is 0 Å². The molecule has 2 rings (SSSR count). The monoisotopic (exact) mass is 333 g/mol. The summed E-state index contributed by atoms with van der Waals surface area (Å²) in [5.74, 6) is -0.771. The van der Waals surface area contributed by atoms with Crippen molar-refractivity contribution in [3.63, 3.8) is 0 Å². The zero-order chi connectivity index (χ0) is 14.8. The van der Waals surface area contributed by atoms with Crippen LogP contribution in [0.25, 0.3) is 0 Å². The Kier molecular flexibility index (Phi) is 4.48. The van der Waals surface area contributed by atoms with Gasteiger partial charge in [-0.25, -0.2) is 23.2 Å². The summed E-state index contributed by atoms with van der Waals surface area (Å²) in [6, 6.07) is 0. The second kappa shape index (κ2) is 5.95. The van der Waals surface area contributed by atoms with Gasteiger partial charge in [-0.1, -0.05) is 0 Å². The van der Waals surface area contributed by atoms with Gasteiger partial charge < -0.3 is 4.74 Å². The van der Waals surface area contributed by atoms with Crippen LogP contribution in [-0.2, 0) is 21.3 Å². The summed E-state index contributed by atoms with van der Waals surface area (Å²) in [6.45, 7) is 0.129. The van der Waals surface area contributed by atoms with Crippen LogP contribution in [0.4, 0.5) is 0 Å². The van der Waals surface area contributed by atoms with E-state index in [1.54, 1.807) is 10.9 Å². The molecule has 0 aliphatic rings. The molecule has 0 fully saturated rings. The van der Waals surface area contributed by atoms with Gasteiger partial charge in [-0.15, -0.1) is 22.7 Å². The average Bonchev–Trinajstić information content (AvgIpc) is 3.08. The number of carbonyl (C=O) groups excluding carboxylic acids is 1. The highest BCUT2D eigenvalue weighted by Crippen LogP contribution is 2.24. The lowest BCUT2D eigenvalue weighted by Gasteiger charge is -2.15. The fourth-order valence-corrected chi connectivity index (χ4v) is 4.44. The maximum Gasteiger partial charge on any atom is 0.358 e. The Morgan fingerprint density at radius 3 is 2.75 bits per heavy atom. The van der Waals surface area contributed by atoms with E-state index in [4.69, 9.17) is 0 Å². The van der Waals surface area contributed by atoms with Gasteiger partial charge in [-0.2, -0.15) is 4.31 Å². The van der Waals surface area contributed by atoms with Crippen molar-refractivity contribution in [1.29, 1.82) is 0 Å². The van der Waals surface area contributed by atoms with Gasteiger partial charge in [0, 0.05) is 12.4 Å². The van der Waals surface area contributed by atoms with E-state index in [0.29, 0.717) is 5.69 Å². The molecule has 108 valence electrons. The number of hydrogen-bond acceptors (Lipinski definition) is 8. The lowest BCUT2D eigenvalue weighted by molar-refractivity contribution is 0.0590. The van der Waals surface area contributed by atoms with E-state index in [2.05, 4.69) is 14.7 Å². The van der Waals surface area contributed by atoms with Crippen molar-refractivity contribution in [3.8, 4) is 0 Å². The lowest BCUT2D eigenvalue weighted by atomic mass is 10.5. The minimum absolute atomic E-state index is 0.123. The van der Waals surface area contributed by atoms with Gasteiger partial charge >= 0.3 is 5.97 Å². The van der Waals surface area contributed by atoms with Gasteiger partial charge in [0.05, 0.1) is 30.4 Å². The molecule has 0 amide bonds. The van der Waals surface area contributed by atoms with Crippen LogP contribution in [-0.4, -0.2) is 42.8 Å². The number of thiazole rings is 2. The summed E-state index contributed by atoms with van der Waals surface area (Å²) in [5, 5.41) is 1.76. The first-order chi connectivity index (χ1) is 9.46. The van der Waals surface area contributed by atoms with Crippen molar-refractivity contribution in [2.24, 2.45) is 0 Å². The van der Waals surface area contributed by atoms with Crippen LogP contribution in [0.3, 0.4) is 0 Å². The normalized spacial score (nSPS) is 11.8. The fourth-order valence-electron chi connectivity index (χ4n) is 1.42. The number of carbonyl (C=O) groups is 1. The van der Waals surface area contributed by atoms with E-state index in [-0.39, 0.29) is 16.4 Å². The molecule has 0 bridgehead atoms. The average molecular weight is 333 g/mol. The number of methoxy groups -OCH3 is 1. The van der Waals surface area contributed by atoms with Gasteiger partial charge in [0.2, 0.25) is 0 Å². The molecule has 0 N–H and O–H groups in total. The van der Waals surface area contributed by atoms with Crippen LogP contribution in [0.15, 0.2) is 20.6 Å². The second-order valence-electron chi connectivity index (χ2n) is 3.72. The minimum Gasteiger partial charge on any atom is -0.464 e. The Morgan fingerprint density at radius 2 is 2.15 bits per heavy atom. The third-order valence-electron chi connectivity index (χ3n) is 2.43. The summed E-state index contributed by atoms with van der Waals surface area (Å²) >= 11 is 2.27. The topological polar surface area (TPSA) is 89.5 Å². The maximum absolute atomic E-state index is 12.4. The molecule has 7 nitrogen and oxygen atoms in total. The third-order valence-corrected chi connectivity index (χ3v) is 6.21. The smallest absolute Gasteiger partial charge is 0.358 e. The molecule has 0 aromatic carbocycles. The van der Waals surface area contributed by atoms with Crippen molar-refractivity contribution in [1.82, 2.24) is 14.3 Å². The van der Waals surface area contributed by atoms with Gasteiger partial charge in [0.25, 0.3) is 10.0 Å². The Morgan fingerprint density at radius 1 is 1.40 bits per heavy atom. The van der Waals surface area contributed by atoms with Crippen molar-refractivity contribution < 1.29 is 17.9 Å². The molecule has 2 aromatic heterocycles. The van der Waals surface area contributed by atoms with Crippen molar-refractivity contribution in [2.45, 2.75) is 10.8 Å².